The molecule has 0 fully saturated rings. The van der Waals surface area contributed by atoms with Crippen molar-refractivity contribution in [1.82, 2.24) is 0 Å². The van der Waals surface area contributed by atoms with Crippen LogP contribution in [0.2, 0.25) is 23.2 Å². The topological polar surface area (TPSA) is 67.8 Å². The molecule has 0 saturated heterocycles. The van der Waals surface area contributed by atoms with Crippen molar-refractivity contribution in [2.45, 2.75) is 57.3 Å². The summed E-state index contributed by atoms with van der Waals surface area (Å²) < 4.78 is 11.8. The highest BCUT2D eigenvalue weighted by Gasteiger charge is 2.48. The van der Waals surface area contributed by atoms with Crippen LogP contribution in [0.4, 0.5) is 5.69 Å². The first kappa shape index (κ1) is 23.8. The third-order valence-corrected chi connectivity index (χ3v) is 11.3. The zero-order valence-corrected chi connectivity index (χ0v) is 20.9. The van der Waals surface area contributed by atoms with E-state index in [0.29, 0.717) is 34.2 Å². The molecular formula is C24H32ClNO4Si. The van der Waals surface area contributed by atoms with Crippen molar-refractivity contribution < 1.29 is 19.1 Å². The Morgan fingerprint density at radius 3 is 2.48 bits per heavy atom. The van der Waals surface area contributed by atoms with Crippen molar-refractivity contribution in [3.8, 4) is 5.75 Å². The van der Waals surface area contributed by atoms with Crippen molar-refractivity contribution in [1.29, 1.82) is 0 Å². The molecule has 0 spiro atoms. The van der Waals surface area contributed by atoms with Gasteiger partial charge in [-0.25, -0.2) is 0 Å². The molecule has 1 aliphatic rings. The van der Waals surface area contributed by atoms with Gasteiger partial charge in [0.15, 0.2) is 13.9 Å². The van der Waals surface area contributed by atoms with E-state index in [-0.39, 0.29) is 5.04 Å². The summed E-state index contributed by atoms with van der Waals surface area (Å²) in [7, 11) is -0.253. The summed E-state index contributed by atoms with van der Waals surface area (Å²) in [5.41, 5.74) is 0.538. The number of ether oxygens (including phenoxy) is 1. The molecule has 0 aliphatic carbocycles. The number of methoxy groups -OCH3 is 1. The smallest absolute Gasteiger partial charge is 0.266 e. The summed E-state index contributed by atoms with van der Waals surface area (Å²) in [5.74, 6) is -0.0618. The van der Waals surface area contributed by atoms with E-state index in [9.17, 15) is 9.90 Å². The van der Waals surface area contributed by atoms with Crippen LogP contribution in [0.1, 0.15) is 43.9 Å². The second-order valence-electron chi connectivity index (χ2n) is 9.60. The number of rotatable bonds is 7. The van der Waals surface area contributed by atoms with E-state index in [0.717, 1.165) is 18.4 Å². The lowest BCUT2D eigenvalue weighted by molar-refractivity contribution is -0.129. The van der Waals surface area contributed by atoms with E-state index in [1.54, 1.807) is 24.3 Å². The average Bonchev–Trinajstić information content (AvgIpc) is 2.95. The molecule has 0 bridgehead atoms. The van der Waals surface area contributed by atoms with Crippen LogP contribution in [-0.2, 0) is 21.2 Å². The largest absolute Gasteiger partial charge is 0.496 e. The third-order valence-electron chi connectivity index (χ3n) is 6.48. The average molecular weight is 462 g/mol. The van der Waals surface area contributed by atoms with E-state index < -0.39 is 19.8 Å². The molecule has 1 atom stereocenters. The fraction of sp³-hybridized carbons (Fsp3) is 0.458. The van der Waals surface area contributed by atoms with Gasteiger partial charge in [-0.3, -0.25) is 4.79 Å². The van der Waals surface area contributed by atoms with E-state index in [1.807, 2.05) is 12.1 Å². The van der Waals surface area contributed by atoms with E-state index in [2.05, 4.69) is 39.2 Å². The number of benzene rings is 2. The second kappa shape index (κ2) is 8.58. The molecular weight excluding hydrogens is 430 g/mol. The summed E-state index contributed by atoms with van der Waals surface area (Å²) >= 11 is 6.15. The lowest BCUT2D eigenvalue weighted by atomic mass is 9.85. The Morgan fingerprint density at radius 2 is 1.84 bits per heavy atom. The van der Waals surface area contributed by atoms with Crippen LogP contribution < -0.4 is 10.1 Å². The lowest BCUT2D eigenvalue weighted by Crippen LogP contribution is -2.41. The summed E-state index contributed by atoms with van der Waals surface area (Å²) in [6.07, 6.45) is 1.62. The summed E-state index contributed by atoms with van der Waals surface area (Å²) in [5, 5.41) is 14.9. The molecule has 1 unspecified atom stereocenters. The van der Waals surface area contributed by atoms with Gasteiger partial charge in [0.1, 0.15) is 5.75 Å². The quantitative estimate of drug-likeness (QED) is 0.422. The first-order chi connectivity index (χ1) is 14.4. The fourth-order valence-electron chi connectivity index (χ4n) is 3.54. The van der Waals surface area contributed by atoms with Crippen molar-refractivity contribution in [2.24, 2.45) is 0 Å². The van der Waals surface area contributed by atoms with E-state index in [1.165, 1.54) is 7.11 Å². The Hall–Kier alpha value is -1.86. The van der Waals surface area contributed by atoms with Gasteiger partial charge in [0.05, 0.1) is 7.11 Å². The minimum atomic E-state index is -1.86. The number of anilines is 1. The Bertz CT molecular complexity index is 986. The maximum atomic E-state index is 12.8. The minimum absolute atomic E-state index is 0.175. The van der Waals surface area contributed by atoms with Crippen LogP contribution in [0.5, 0.6) is 5.75 Å². The zero-order chi connectivity index (χ0) is 23.0. The van der Waals surface area contributed by atoms with Crippen LogP contribution in [0.3, 0.4) is 0 Å². The van der Waals surface area contributed by atoms with Gasteiger partial charge in [-0.15, -0.1) is 0 Å². The van der Waals surface area contributed by atoms with Gasteiger partial charge >= 0.3 is 0 Å². The maximum absolute atomic E-state index is 12.8. The molecule has 7 heteroatoms. The van der Waals surface area contributed by atoms with Gasteiger partial charge in [-0.1, -0.05) is 38.4 Å². The number of aryl methyl sites for hydroxylation is 1. The van der Waals surface area contributed by atoms with Crippen LogP contribution >= 0.6 is 11.6 Å². The van der Waals surface area contributed by atoms with Gasteiger partial charge < -0.3 is 19.6 Å². The van der Waals surface area contributed by atoms with Gasteiger partial charge in [0.25, 0.3) is 5.91 Å². The number of aliphatic hydroxyl groups is 1. The molecule has 2 N–H and O–H groups in total. The normalized spacial score (nSPS) is 18.6. The summed E-state index contributed by atoms with van der Waals surface area (Å²) in [6.45, 7) is 11.9. The highest BCUT2D eigenvalue weighted by Crippen LogP contribution is 2.45. The number of amides is 1. The first-order valence-corrected chi connectivity index (χ1v) is 13.8. The van der Waals surface area contributed by atoms with Crippen LogP contribution in [0.15, 0.2) is 36.4 Å². The number of carbonyl (C=O) groups excluding carboxylic acids is 1. The summed E-state index contributed by atoms with van der Waals surface area (Å²) in [4.78, 5) is 12.8. The Kier molecular flexibility index (Phi) is 6.59. The Labute approximate surface area is 190 Å². The number of hydrogen-bond donors (Lipinski definition) is 2. The number of nitrogens with one attached hydrogen (secondary N) is 1. The van der Waals surface area contributed by atoms with Gasteiger partial charge in [-0.05, 0) is 66.9 Å². The molecule has 2 aromatic carbocycles. The zero-order valence-electron chi connectivity index (χ0n) is 19.1. The van der Waals surface area contributed by atoms with Crippen molar-refractivity contribution in [2.75, 3.05) is 19.0 Å². The molecule has 1 aliphatic heterocycles. The molecule has 5 nitrogen and oxygen atoms in total. The standard InChI is InChI=1S/C24H32ClNO4Si/c1-23(2,3)31(5,6)30-13-7-8-16-9-12-21(29-4)19(14-16)24(28)18-15-17(25)10-11-20(18)26-22(24)27/h9-12,14-15,28H,7-8,13H2,1-6H3,(H,26,27). The molecule has 3 rings (SSSR count). The molecule has 0 radical (unpaired) electrons. The van der Waals surface area contributed by atoms with Crippen LogP contribution in [-0.4, -0.2) is 33.0 Å². The Balaban J connectivity index is 1.84. The van der Waals surface area contributed by atoms with Crippen molar-refractivity contribution >= 4 is 31.5 Å². The minimum Gasteiger partial charge on any atom is -0.496 e. The molecule has 0 saturated carbocycles. The molecule has 2 aromatic rings. The molecule has 1 amide bonds. The second-order valence-corrected chi connectivity index (χ2v) is 14.8. The SMILES string of the molecule is COc1ccc(CCCO[Si](C)(C)C(C)(C)C)cc1C1(O)C(=O)Nc2ccc(Cl)cc21. The number of halogens is 1. The molecule has 0 aromatic heterocycles. The highest BCUT2D eigenvalue weighted by atomic mass is 35.5. The molecule has 31 heavy (non-hydrogen) atoms. The number of hydrogen-bond acceptors (Lipinski definition) is 4. The van der Waals surface area contributed by atoms with Gasteiger partial charge in [0, 0.05) is 28.4 Å². The summed E-state index contributed by atoms with van der Waals surface area (Å²) in [6, 6.07) is 10.6. The predicted molar refractivity (Wildman–Crippen MR) is 128 cm³/mol. The van der Waals surface area contributed by atoms with E-state index in [4.69, 9.17) is 20.8 Å². The van der Waals surface area contributed by atoms with Crippen molar-refractivity contribution in [3.05, 3.63) is 58.1 Å². The van der Waals surface area contributed by atoms with Crippen LogP contribution in [0, 0.1) is 0 Å². The maximum Gasteiger partial charge on any atom is 0.266 e. The van der Waals surface area contributed by atoms with E-state index >= 15 is 0 Å². The predicted octanol–water partition coefficient (Wildman–Crippen LogP) is 5.49. The lowest BCUT2D eigenvalue weighted by Gasteiger charge is -2.36. The molecule has 1 heterocycles. The monoisotopic (exact) mass is 461 g/mol. The number of carbonyl (C=O) groups is 1. The molecule has 168 valence electrons. The Morgan fingerprint density at radius 1 is 1.13 bits per heavy atom. The van der Waals surface area contributed by atoms with Gasteiger partial charge in [-0.2, -0.15) is 0 Å². The van der Waals surface area contributed by atoms with Crippen molar-refractivity contribution in [3.63, 3.8) is 0 Å². The number of fused-ring (bicyclic) bond motifs is 1. The van der Waals surface area contributed by atoms with Crippen LogP contribution in [0.25, 0.3) is 0 Å². The first-order valence-electron chi connectivity index (χ1n) is 10.6. The fourth-order valence-corrected chi connectivity index (χ4v) is 4.80. The third kappa shape index (κ3) is 4.53. The highest BCUT2D eigenvalue weighted by molar-refractivity contribution is 6.74. The van der Waals surface area contributed by atoms with Gasteiger partial charge in [0.2, 0.25) is 0 Å².